The largest absolute Gasteiger partial charge is 0.353 e. The minimum absolute atomic E-state index is 0.0377. The Balaban J connectivity index is 1.68. The maximum Gasteiger partial charge on any atom is 0.280 e. The Morgan fingerprint density at radius 3 is 2.83 bits per heavy atom. The van der Waals surface area contributed by atoms with Crippen LogP contribution < -0.4 is 16.7 Å². The van der Waals surface area contributed by atoms with Crippen LogP contribution in [0, 0.1) is 0 Å². The van der Waals surface area contributed by atoms with Gasteiger partial charge in [-0.3, -0.25) is 9.59 Å². The summed E-state index contributed by atoms with van der Waals surface area (Å²) in [5.74, 6) is 5.98. The number of para-hydroxylation sites is 1. The molecule has 6 nitrogen and oxygen atoms in total. The summed E-state index contributed by atoms with van der Waals surface area (Å²) in [6.45, 7) is 0. The van der Waals surface area contributed by atoms with Crippen molar-refractivity contribution in [1.29, 1.82) is 0 Å². The summed E-state index contributed by atoms with van der Waals surface area (Å²) in [5, 5.41) is 3.88. The molecule has 1 aliphatic rings. The van der Waals surface area contributed by atoms with E-state index in [4.69, 9.17) is 5.84 Å². The van der Waals surface area contributed by atoms with E-state index in [9.17, 15) is 9.59 Å². The van der Waals surface area contributed by atoms with Gasteiger partial charge in [-0.05, 0) is 25.0 Å². The number of hydrogen-bond acceptors (Lipinski definition) is 5. The molecule has 0 aliphatic heterocycles. The third-order valence-electron chi connectivity index (χ3n) is 4.08. The van der Waals surface area contributed by atoms with Crippen LogP contribution in [0.1, 0.15) is 32.1 Å². The second kappa shape index (κ2) is 7.04. The number of aromatic nitrogens is 2. The lowest BCUT2D eigenvalue weighted by Gasteiger charge is -2.22. The molecule has 1 heterocycles. The normalized spacial score (nSPS) is 15.7. The summed E-state index contributed by atoms with van der Waals surface area (Å²) in [7, 11) is 0. The lowest BCUT2D eigenvalue weighted by Crippen LogP contribution is -2.37. The Labute approximate surface area is 138 Å². The van der Waals surface area contributed by atoms with Gasteiger partial charge in [0.1, 0.15) is 0 Å². The highest BCUT2D eigenvalue weighted by Gasteiger charge is 2.17. The van der Waals surface area contributed by atoms with Crippen LogP contribution in [0.25, 0.3) is 10.9 Å². The lowest BCUT2D eigenvalue weighted by atomic mass is 9.95. The maximum absolute atomic E-state index is 12.2. The molecule has 1 aliphatic carbocycles. The summed E-state index contributed by atoms with van der Waals surface area (Å²) >= 11 is 1.19. The smallest absolute Gasteiger partial charge is 0.280 e. The summed E-state index contributed by atoms with van der Waals surface area (Å²) in [5.41, 5.74) is 0.292. The maximum atomic E-state index is 12.2. The van der Waals surface area contributed by atoms with Crippen molar-refractivity contribution in [2.45, 2.75) is 43.3 Å². The molecule has 3 rings (SSSR count). The molecule has 0 saturated heterocycles. The Bertz CT molecular complexity index is 768. The molecule has 0 spiro atoms. The van der Waals surface area contributed by atoms with Crippen molar-refractivity contribution >= 4 is 28.6 Å². The number of rotatable bonds is 4. The molecule has 1 fully saturated rings. The molecule has 0 unspecified atom stereocenters. The summed E-state index contributed by atoms with van der Waals surface area (Å²) in [6.07, 6.45) is 5.69. The average molecular weight is 332 g/mol. The van der Waals surface area contributed by atoms with Gasteiger partial charge in [-0.15, -0.1) is 0 Å². The third-order valence-corrected chi connectivity index (χ3v) is 5.03. The zero-order valence-corrected chi connectivity index (χ0v) is 13.6. The fourth-order valence-electron chi connectivity index (χ4n) is 2.87. The first kappa shape index (κ1) is 15.9. The summed E-state index contributed by atoms with van der Waals surface area (Å²) in [4.78, 5) is 28.6. The zero-order valence-electron chi connectivity index (χ0n) is 12.8. The van der Waals surface area contributed by atoms with Crippen molar-refractivity contribution in [3.05, 3.63) is 34.6 Å². The lowest BCUT2D eigenvalue weighted by molar-refractivity contribution is -0.119. The van der Waals surface area contributed by atoms with Crippen molar-refractivity contribution in [3.8, 4) is 0 Å². The third kappa shape index (κ3) is 3.67. The number of carbonyl (C=O) groups excluding carboxylic acids is 1. The van der Waals surface area contributed by atoms with Gasteiger partial charge in [0.05, 0.1) is 16.7 Å². The standard InChI is InChI=1S/C16H20N4O2S/c17-20-15(22)12-8-4-5-9-13(12)19-16(20)23-10-14(21)18-11-6-2-1-3-7-11/h4-5,8-9,11H,1-3,6-7,10,17H2,(H,18,21). The molecular weight excluding hydrogens is 312 g/mol. The highest BCUT2D eigenvalue weighted by Crippen LogP contribution is 2.19. The molecule has 0 bridgehead atoms. The minimum Gasteiger partial charge on any atom is -0.353 e. The molecule has 1 aromatic carbocycles. The number of carbonyl (C=O) groups is 1. The van der Waals surface area contributed by atoms with Crippen LogP contribution in [0.15, 0.2) is 34.2 Å². The van der Waals surface area contributed by atoms with Gasteiger partial charge in [-0.25, -0.2) is 9.66 Å². The zero-order chi connectivity index (χ0) is 16.2. The number of thioether (sulfide) groups is 1. The first-order valence-corrected chi connectivity index (χ1v) is 8.83. The van der Waals surface area contributed by atoms with Crippen LogP contribution in [-0.2, 0) is 4.79 Å². The predicted octanol–water partition coefficient (Wildman–Crippen LogP) is 1.65. The first-order chi connectivity index (χ1) is 11.1. The second-order valence-corrected chi connectivity index (χ2v) is 6.72. The van der Waals surface area contributed by atoms with Gasteiger partial charge in [0.25, 0.3) is 5.56 Å². The predicted molar refractivity (Wildman–Crippen MR) is 91.9 cm³/mol. The molecule has 2 aromatic rings. The van der Waals surface area contributed by atoms with E-state index in [0.29, 0.717) is 16.1 Å². The quantitative estimate of drug-likeness (QED) is 0.505. The Kier molecular flexibility index (Phi) is 4.85. The van der Waals surface area contributed by atoms with E-state index in [1.165, 1.54) is 31.0 Å². The van der Waals surface area contributed by atoms with Gasteiger partial charge in [0.15, 0.2) is 5.16 Å². The van der Waals surface area contributed by atoms with E-state index >= 15 is 0 Å². The van der Waals surface area contributed by atoms with Gasteiger partial charge in [-0.1, -0.05) is 43.2 Å². The Morgan fingerprint density at radius 2 is 2.04 bits per heavy atom. The molecule has 1 saturated carbocycles. The second-order valence-electron chi connectivity index (χ2n) is 5.78. The summed E-state index contributed by atoms with van der Waals surface area (Å²) in [6, 6.07) is 7.33. The average Bonchev–Trinajstić information content (AvgIpc) is 2.58. The molecule has 7 heteroatoms. The number of nitrogen functional groups attached to an aromatic ring is 1. The topological polar surface area (TPSA) is 90.0 Å². The van der Waals surface area contributed by atoms with E-state index < -0.39 is 0 Å². The van der Waals surface area contributed by atoms with Crippen LogP contribution in [0.4, 0.5) is 0 Å². The number of nitrogens with two attached hydrogens (primary N) is 1. The fraction of sp³-hybridized carbons (Fsp3) is 0.438. The van der Waals surface area contributed by atoms with E-state index in [1.807, 2.05) is 6.07 Å². The van der Waals surface area contributed by atoms with Crippen molar-refractivity contribution in [1.82, 2.24) is 15.0 Å². The minimum atomic E-state index is -0.300. The van der Waals surface area contributed by atoms with Crippen molar-refractivity contribution in [2.24, 2.45) is 0 Å². The summed E-state index contributed by atoms with van der Waals surface area (Å²) < 4.78 is 1.01. The van der Waals surface area contributed by atoms with E-state index in [-0.39, 0.29) is 23.3 Å². The van der Waals surface area contributed by atoms with Crippen LogP contribution in [0.5, 0.6) is 0 Å². The highest BCUT2D eigenvalue weighted by molar-refractivity contribution is 7.99. The van der Waals surface area contributed by atoms with Crippen molar-refractivity contribution < 1.29 is 4.79 Å². The number of amides is 1. The monoisotopic (exact) mass is 332 g/mol. The van der Waals surface area contributed by atoms with Crippen molar-refractivity contribution in [2.75, 3.05) is 11.6 Å². The van der Waals surface area contributed by atoms with Gasteiger partial charge in [-0.2, -0.15) is 0 Å². The van der Waals surface area contributed by atoms with E-state index in [0.717, 1.165) is 17.5 Å². The number of fused-ring (bicyclic) bond motifs is 1. The SMILES string of the molecule is Nn1c(SCC(=O)NC2CCCCC2)nc2ccccc2c1=O. The van der Waals surface area contributed by atoms with Gasteiger partial charge < -0.3 is 11.2 Å². The Morgan fingerprint density at radius 1 is 1.30 bits per heavy atom. The molecule has 23 heavy (non-hydrogen) atoms. The van der Waals surface area contributed by atoms with E-state index in [2.05, 4.69) is 10.3 Å². The number of nitrogens with one attached hydrogen (secondary N) is 1. The van der Waals surface area contributed by atoms with Crippen molar-refractivity contribution in [3.63, 3.8) is 0 Å². The van der Waals surface area contributed by atoms with Crippen LogP contribution in [-0.4, -0.2) is 27.4 Å². The Hall–Kier alpha value is -2.02. The fourth-order valence-corrected chi connectivity index (χ4v) is 3.60. The van der Waals surface area contributed by atoms with Gasteiger partial charge >= 0.3 is 0 Å². The van der Waals surface area contributed by atoms with Gasteiger partial charge in [0.2, 0.25) is 5.91 Å². The van der Waals surface area contributed by atoms with Crippen LogP contribution in [0.2, 0.25) is 0 Å². The number of nitrogens with zero attached hydrogens (tertiary/aromatic N) is 2. The number of hydrogen-bond donors (Lipinski definition) is 2. The van der Waals surface area contributed by atoms with Gasteiger partial charge in [0, 0.05) is 6.04 Å². The van der Waals surface area contributed by atoms with E-state index in [1.54, 1.807) is 18.2 Å². The molecule has 0 atom stereocenters. The molecule has 122 valence electrons. The molecule has 3 N–H and O–H groups in total. The molecule has 1 aromatic heterocycles. The molecular formula is C16H20N4O2S. The highest BCUT2D eigenvalue weighted by atomic mass is 32.2. The van der Waals surface area contributed by atoms with Crippen LogP contribution >= 0.6 is 11.8 Å². The molecule has 0 radical (unpaired) electrons. The molecule has 1 amide bonds. The number of benzene rings is 1. The first-order valence-electron chi connectivity index (χ1n) is 7.84. The van der Waals surface area contributed by atoms with Crippen LogP contribution in [0.3, 0.4) is 0 Å².